The Kier molecular flexibility index (Phi) is 8.78. The third-order valence-electron chi connectivity index (χ3n) is 6.83. The lowest BCUT2D eigenvalue weighted by atomic mass is 9.81. The Morgan fingerprint density at radius 1 is 1.21 bits per heavy atom. The molecule has 0 amide bonds. The lowest BCUT2D eigenvalue weighted by Gasteiger charge is -2.38. The molecule has 3 aromatic rings. The van der Waals surface area contributed by atoms with Crippen LogP contribution >= 0.6 is 11.8 Å². The standard InChI is InChI=1S/C27H33FN2O3S/c1-33-22-6-7-26-25(16-22)24(9-11-29-26)27(32)8-5-19-10-12-30(17-20(19)18-31)13-14-34-23-4-2-3-21(28)15-23/h2-4,6-7,9,11,15-16,19-20,27,31-32H,5,8,10,12-14,17-18H2,1H3/t19-,20-,27-/m1/s1. The minimum absolute atomic E-state index is 0.156. The molecule has 7 heteroatoms. The lowest BCUT2D eigenvalue weighted by Crippen LogP contribution is -2.43. The van der Waals surface area contributed by atoms with Gasteiger partial charge >= 0.3 is 0 Å². The van der Waals surface area contributed by atoms with Crippen molar-refractivity contribution < 1.29 is 19.3 Å². The number of ether oxygens (including phenoxy) is 1. The van der Waals surface area contributed by atoms with Gasteiger partial charge in [-0.25, -0.2) is 4.39 Å². The van der Waals surface area contributed by atoms with Crippen LogP contribution in [0.5, 0.6) is 5.75 Å². The fourth-order valence-electron chi connectivity index (χ4n) is 4.89. The molecule has 0 saturated carbocycles. The topological polar surface area (TPSA) is 65.8 Å². The summed E-state index contributed by atoms with van der Waals surface area (Å²) in [5.74, 6) is 2.03. The van der Waals surface area contributed by atoms with Crippen molar-refractivity contribution in [2.24, 2.45) is 11.8 Å². The highest BCUT2D eigenvalue weighted by Gasteiger charge is 2.29. The van der Waals surface area contributed by atoms with Crippen LogP contribution in [0.1, 0.15) is 30.9 Å². The molecule has 4 rings (SSSR count). The fourth-order valence-corrected chi connectivity index (χ4v) is 5.84. The molecule has 0 spiro atoms. The van der Waals surface area contributed by atoms with E-state index in [1.54, 1.807) is 37.2 Å². The van der Waals surface area contributed by atoms with E-state index in [0.717, 1.165) is 65.3 Å². The van der Waals surface area contributed by atoms with Crippen LogP contribution in [0.3, 0.4) is 0 Å². The van der Waals surface area contributed by atoms with Gasteiger partial charge in [0.2, 0.25) is 0 Å². The highest BCUT2D eigenvalue weighted by molar-refractivity contribution is 7.99. The summed E-state index contributed by atoms with van der Waals surface area (Å²) in [5, 5.41) is 21.9. The second kappa shape index (κ2) is 12.0. The Balaban J connectivity index is 1.29. The summed E-state index contributed by atoms with van der Waals surface area (Å²) in [7, 11) is 1.63. The zero-order valence-electron chi connectivity index (χ0n) is 19.6. The normalized spacial score (nSPS) is 19.9. The molecule has 0 bridgehead atoms. The molecule has 1 fully saturated rings. The van der Waals surface area contributed by atoms with Crippen LogP contribution in [0.15, 0.2) is 59.6 Å². The van der Waals surface area contributed by atoms with Gasteiger partial charge in [-0.15, -0.1) is 11.8 Å². The number of methoxy groups -OCH3 is 1. The Morgan fingerprint density at radius 2 is 2.09 bits per heavy atom. The highest BCUT2D eigenvalue weighted by Crippen LogP contribution is 2.33. The van der Waals surface area contributed by atoms with Gasteiger partial charge in [-0.05, 0) is 85.7 Å². The van der Waals surface area contributed by atoms with E-state index in [9.17, 15) is 14.6 Å². The number of benzene rings is 2. The number of fused-ring (bicyclic) bond motifs is 1. The summed E-state index contributed by atoms with van der Waals surface area (Å²) in [5.41, 5.74) is 1.71. The second-order valence-corrected chi connectivity index (χ2v) is 10.1. The minimum atomic E-state index is -0.586. The molecule has 182 valence electrons. The molecule has 1 aliphatic rings. The minimum Gasteiger partial charge on any atom is -0.497 e. The van der Waals surface area contributed by atoms with Crippen molar-refractivity contribution in [1.82, 2.24) is 9.88 Å². The van der Waals surface area contributed by atoms with Crippen molar-refractivity contribution >= 4 is 22.7 Å². The van der Waals surface area contributed by atoms with Crippen LogP contribution in [0.2, 0.25) is 0 Å². The molecular weight excluding hydrogens is 451 g/mol. The first-order chi connectivity index (χ1) is 16.6. The number of piperidine rings is 1. The first kappa shape index (κ1) is 24.9. The molecule has 2 N–H and O–H groups in total. The first-order valence-electron chi connectivity index (χ1n) is 11.9. The summed E-state index contributed by atoms with van der Waals surface area (Å²) in [4.78, 5) is 7.75. The number of halogens is 1. The number of hydrogen-bond acceptors (Lipinski definition) is 6. The number of hydrogen-bond donors (Lipinski definition) is 2. The second-order valence-electron chi connectivity index (χ2n) is 8.97. The summed E-state index contributed by atoms with van der Waals surface area (Å²) >= 11 is 1.66. The van der Waals surface area contributed by atoms with Gasteiger partial charge < -0.3 is 19.8 Å². The van der Waals surface area contributed by atoms with Crippen LogP contribution in [-0.2, 0) is 0 Å². The predicted octanol–water partition coefficient (Wildman–Crippen LogP) is 4.92. The lowest BCUT2D eigenvalue weighted by molar-refractivity contribution is 0.0608. The van der Waals surface area contributed by atoms with E-state index < -0.39 is 6.10 Å². The molecule has 3 atom stereocenters. The van der Waals surface area contributed by atoms with Crippen LogP contribution in [0.4, 0.5) is 4.39 Å². The maximum Gasteiger partial charge on any atom is 0.124 e. The van der Waals surface area contributed by atoms with Crippen molar-refractivity contribution in [1.29, 1.82) is 0 Å². The summed E-state index contributed by atoms with van der Waals surface area (Å²) in [6.07, 6.45) is 3.68. The zero-order valence-corrected chi connectivity index (χ0v) is 20.4. The summed E-state index contributed by atoms with van der Waals surface area (Å²) < 4.78 is 18.7. The third kappa shape index (κ3) is 6.27. The molecule has 0 aliphatic carbocycles. The van der Waals surface area contributed by atoms with Gasteiger partial charge in [0.25, 0.3) is 0 Å². The van der Waals surface area contributed by atoms with Gasteiger partial charge in [0, 0.05) is 41.9 Å². The monoisotopic (exact) mass is 484 g/mol. The van der Waals surface area contributed by atoms with Crippen LogP contribution in [-0.4, -0.2) is 59.2 Å². The molecule has 34 heavy (non-hydrogen) atoms. The number of thioether (sulfide) groups is 1. The molecule has 1 aromatic heterocycles. The van der Waals surface area contributed by atoms with E-state index in [1.807, 2.05) is 30.3 Å². The van der Waals surface area contributed by atoms with Crippen LogP contribution < -0.4 is 4.74 Å². The van der Waals surface area contributed by atoms with Crippen molar-refractivity contribution in [3.63, 3.8) is 0 Å². The van der Waals surface area contributed by atoms with E-state index in [4.69, 9.17) is 4.74 Å². The Bertz CT molecular complexity index is 1080. The number of nitrogens with zero attached hydrogens (tertiary/aromatic N) is 2. The van der Waals surface area contributed by atoms with Gasteiger partial charge in [-0.3, -0.25) is 4.98 Å². The fraction of sp³-hybridized carbons (Fsp3) is 0.444. The summed E-state index contributed by atoms with van der Waals surface area (Å²) in [6.45, 7) is 2.91. The maximum absolute atomic E-state index is 13.4. The van der Waals surface area contributed by atoms with E-state index in [0.29, 0.717) is 12.3 Å². The Morgan fingerprint density at radius 3 is 2.88 bits per heavy atom. The summed E-state index contributed by atoms with van der Waals surface area (Å²) in [6, 6.07) is 14.3. The van der Waals surface area contributed by atoms with Gasteiger partial charge in [-0.1, -0.05) is 6.07 Å². The SMILES string of the molecule is COc1ccc2nccc([C@H](O)CC[C@@H]3CCN(CCSc4cccc(F)c4)C[C@@H]3CO)c2c1. The zero-order chi connectivity index (χ0) is 23.9. The van der Waals surface area contributed by atoms with Crippen LogP contribution in [0, 0.1) is 17.7 Å². The molecule has 2 heterocycles. The molecular formula is C27H33FN2O3S. The van der Waals surface area contributed by atoms with Crippen molar-refractivity contribution in [2.45, 2.75) is 30.3 Å². The Hall–Kier alpha value is -2.19. The molecule has 5 nitrogen and oxygen atoms in total. The number of aromatic nitrogens is 1. The van der Waals surface area contributed by atoms with Crippen molar-refractivity contribution in [3.05, 3.63) is 66.1 Å². The van der Waals surface area contributed by atoms with Gasteiger partial charge in [0.15, 0.2) is 0 Å². The molecule has 0 unspecified atom stereocenters. The smallest absolute Gasteiger partial charge is 0.124 e. The quantitative estimate of drug-likeness (QED) is 0.398. The molecule has 2 aromatic carbocycles. The average molecular weight is 485 g/mol. The van der Waals surface area contributed by atoms with Gasteiger partial charge in [0.05, 0.1) is 18.7 Å². The number of rotatable bonds is 10. The van der Waals surface area contributed by atoms with Crippen molar-refractivity contribution in [2.75, 3.05) is 39.1 Å². The maximum atomic E-state index is 13.4. The van der Waals surface area contributed by atoms with Gasteiger partial charge in [0.1, 0.15) is 11.6 Å². The Labute approximate surface area is 205 Å². The van der Waals surface area contributed by atoms with Gasteiger partial charge in [-0.2, -0.15) is 0 Å². The van der Waals surface area contributed by atoms with E-state index in [-0.39, 0.29) is 18.3 Å². The first-order valence-corrected chi connectivity index (χ1v) is 12.9. The van der Waals surface area contributed by atoms with E-state index in [2.05, 4.69) is 9.88 Å². The molecule has 0 radical (unpaired) electrons. The number of likely N-dealkylation sites (tertiary alicyclic amines) is 1. The predicted molar refractivity (Wildman–Crippen MR) is 135 cm³/mol. The number of pyridine rings is 1. The number of aliphatic hydroxyl groups is 2. The van der Waals surface area contributed by atoms with E-state index in [1.165, 1.54) is 6.07 Å². The van der Waals surface area contributed by atoms with Crippen LogP contribution in [0.25, 0.3) is 10.9 Å². The molecule has 1 aliphatic heterocycles. The average Bonchev–Trinajstić information content (AvgIpc) is 2.87. The number of aliphatic hydroxyl groups excluding tert-OH is 2. The third-order valence-corrected chi connectivity index (χ3v) is 7.81. The van der Waals surface area contributed by atoms with Crippen molar-refractivity contribution in [3.8, 4) is 5.75 Å². The largest absolute Gasteiger partial charge is 0.497 e. The molecule has 1 saturated heterocycles. The van der Waals surface area contributed by atoms with E-state index >= 15 is 0 Å². The highest BCUT2D eigenvalue weighted by atomic mass is 32.2.